The van der Waals surface area contributed by atoms with E-state index in [9.17, 15) is 4.79 Å². The van der Waals surface area contributed by atoms with Crippen LogP contribution in [0.15, 0.2) is 33.5 Å². The zero-order chi connectivity index (χ0) is 9.84. The van der Waals surface area contributed by atoms with Crippen molar-refractivity contribution < 1.29 is 4.42 Å². The van der Waals surface area contributed by atoms with E-state index in [1.807, 2.05) is 19.9 Å². The third-order valence-electron chi connectivity index (χ3n) is 1.56. The zero-order valence-electron chi connectivity index (χ0n) is 7.83. The van der Waals surface area contributed by atoms with Crippen LogP contribution in [0.25, 0.3) is 12.2 Å². The molecule has 0 amide bonds. The Kier molecular flexibility index (Phi) is 2.85. The molecule has 0 aliphatic heterocycles. The Labute approximate surface area is 76.5 Å². The fourth-order valence-corrected chi connectivity index (χ4v) is 1.05. The number of hydrogen-bond donors (Lipinski definition) is 0. The Hall–Kier alpha value is -1.57. The highest BCUT2D eigenvalue weighted by Gasteiger charge is 1.88. The molecule has 0 unspecified atom stereocenters. The molecule has 1 heterocycles. The molecule has 2 heteroatoms. The summed E-state index contributed by atoms with van der Waals surface area (Å²) in [7, 11) is 0. The molecule has 0 saturated carbocycles. The summed E-state index contributed by atoms with van der Waals surface area (Å²) in [5.41, 5.74) is 1.19. The molecule has 0 atom stereocenters. The first-order chi connectivity index (χ1) is 6.13. The third-order valence-corrected chi connectivity index (χ3v) is 1.56. The Morgan fingerprint density at radius 2 is 2.23 bits per heavy atom. The van der Waals surface area contributed by atoms with Crippen molar-refractivity contribution in [1.82, 2.24) is 0 Å². The van der Waals surface area contributed by atoms with Gasteiger partial charge in [0.2, 0.25) is 0 Å². The number of allylic oxidation sites excluding steroid dienone is 1. The Balaban J connectivity index is 3.58. The molecule has 2 nitrogen and oxygen atoms in total. The van der Waals surface area contributed by atoms with Crippen LogP contribution in [0.2, 0.25) is 0 Å². The van der Waals surface area contributed by atoms with E-state index in [1.54, 1.807) is 12.1 Å². The lowest BCUT2D eigenvalue weighted by molar-refractivity contribution is 0.473. The van der Waals surface area contributed by atoms with Crippen LogP contribution in [0.5, 0.6) is 0 Å². The van der Waals surface area contributed by atoms with Gasteiger partial charge < -0.3 is 4.42 Å². The molecule has 0 N–H and O–H groups in total. The summed E-state index contributed by atoms with van der Waals surface area (Å²) in [5.74, 6) is 0. The molecule has 0 aliphatic rings. The number of rotatable bonds is 1. The molecule has 1 aromatic heterocycles. The van der Waals surface area contributed by atoms with Gasteiger partial charge in [0.15, 0.2) is 0 Å². The molecule has 0 aromatic carbocycles. The van der Waals surface area contributed by atoms with Crippen molar-refractivity contribution >= 4 is 12.2 Å². The van der Waals surface area contributed by atoms with Gasteiger partial charge in [-0.15, -0.1) is 0 Å². The molecular weight excluding hydrogens is 164 g/mol. The fourth-order valence-electron chi connectivity index (χ4n) is 1.05. The largest absolute Gasteiger partial charge is 0.423 e. The summed E-state index contributed by atoms with van der Waals surface area (Å²) in [4.78, 5) is 10.9. The van der Waals surface area contributed by atoms with E-state index in [0.29, 0.717) is 5.42 Å². The lowest BCUT2D eigenvalue weighted by atomic mass is 10.2. The molecule has 0 radical (unpaired) electrons. The highest BCUT2D eigenvalue weighted by atomic mass is 16.4. The van der Waals surface area contributed by atoms with E-state index in [2.05, 4.69) is 6.58 Å². The third kappa shape index (κ3) is 2.44. The highest BCUT2D eigenvalue weighted by molar-refractivity contribution is 5.43. The van der Waals surface area contributed by atoms with E-state index in [0.717, 1.165) is 10.8 Å². The molecule has 1 aromatic rings. The summed E-state index contributed by atoms with van der Waals surface area (Å²) in [6.07, 6.45) is 3.63. The molecule has 0 spiro atoms. The molecule has 13 heavy (non-hydrogen) atoms. The van der Waals surface area contributed by atoms with Crippen molar-refractivity contribution in [3.8, 4) is 0 Å². The first-order valence-electron chi connectivity index (χ1n) is 4.07. The lowest BCUT2D eigenvalue weighted by Crippen LogP contribution is -2.28. The standard InChI is InChI=1S/C11H12O2/c1-4-10-9(7-8(2)3)5-6-11(12)13-10/h4-7H,2H2,1,3H3/b9-7-,10-4+. The fraction of sp³-hybridized carbons (Fsp3) is 0.182. The average molecular weight is 176 g/mol. The average Bonchev–Trinajstić information content (AvgIpc) is 2.07. The Morgan fingerprint density at radius 1 is 1.54 bits per heavy atom. The molecule has 1 rings (SSSR count). The van der Waals surface area contributed by atoms with Gasteiger partial charge in [0.25, 0.3) is 0 Å². The zero-order valence-corrected chi connectivity index (χ0v) is 7.83. The van der Waals surface area contributed by atoms with E-state index in [4.69, 9.17) is 4.42 Å². The summed E-state index contributed by atoms with van der Waals surface area (Å²) >= 11 is 0. The van der Waals surface area contributed by atoms with Crippen molar-refractivity contribution in [2.24, 2.45) is 0 Å². The van der Waals surface area contributed by atoms with Crippen LogP contribution in [0.3, 0.4) is 0 Å². The minimum Gasteiger partial charge on any atom is -0.423 e. The SMILES string of the molecule is C=C(C)/C=c1/ccc(=O)o/c1=C/C. The van der Waals surface area contributed by atoms with Gasteiger partial charge in [0.05, 0.1) is 0 Å². The van der Waals surface area contributed by atoms with Gasteiger partial charge in [-0.1, -0.05) is 12.2 Å². The van der Waals surface area contributed by atoms with Crippen LogP contribution in [0.4, 0.5) is 0 Å². The van der Waals surface area contributed by atoms with Crippen LogP contribution in [0.1, 0.15) is 13.8 Å². The van der Waals surface area contributed by atoms with Crippen molar-refractivity contribution in [2.45, 2.75) is 13.8 Å². The van der Waals surface area contributed by atoms with Crippen molar-refractivity contribution in [3.05, 3.63) is 45.3 Å². The summed E-state index contributed by atoms with van der Waals surface area (Å²) in [5, 5.41) is 0.884. The van der Waals surface area contributed by atoms with Crippen LogP contribution >= 0.6 is 0 Å². The van der Waals surface area contributed by atoms with Crippen LogP contribution in [0, 0.1) is 0 Å². The van der Waals surface area contributed by atoms with E-state index in [1.165, 1.54) is 6.07 Å². The second-order valence-electron chi connectivity index (χ2n) is 2.85. The molecular formula is C11H12O2. The second-order valence-corrected chi connectivity index (χ2v) is 2.85. The van der Waals surface area contributed by atoms with Gasteiger partial charge in [0, 0.05) is 11.3 Å². The predicted octanol–water partition coefficient (Wildman–Crippen LogP) is 0.797. The molecule has 68 valence electrons. The maximum atomic E-state index is 10.9. The molecule has 0 saturated heterocycles. The van der Waals surface area contributed by atoms with E-state index in [-0.39, 0.29) is 5.63 Å². The summed E-state index contributed by atoms with van der Waals surface area (Å²) < 4.78 is 4.97. The van der Waals surface area contributed by atoms with Gasteiger partial charge in [-0.3, -0.25) is 0 Å². The maximum Gasteiger partial charge on any atom is 0.336 e. The first-order valence-corrected chi connectivity index (χ1v) is 4.07. The normalized spacial score (nSPS) is 13.4. The monoisotopic (exact) mass is 176 g/mol. The topological polar surface area (TPSA) is 30.2 Å². The molecule has 0 aliphatic carbocycles. The lowest BCUT2D eigenvalue weighted by Gasteiger charge is -1.88. The highest BCUT2D eigenvalue weighted by Crippen LogP contribution is 1.84. The van der Waals surface area contributed by atoms with Crippen LogP contribution in [-0.2, 0) is 0 Å². The first kappa shape index (κ1) is 9.52. The quantitative estimate of drug-likeness (QED) is 0.633. The van der Waals surface area contributed by atoms with Gasteiger partial charge in [0.1, 0.15) is 5.42 Å². The van der Waals surface area contributed by atoms with E-state index < -0.39 is 0 Å². The summed E-state index contributed by atoms with van der Waals surface area (Å²) in [6, 6.07) is 3.14. The van der Waals surface area contributed by atoms with Crippen molar-refractivity contribution in [1.29, 1.82) is 0 Å². The smallest absolute Gasteiger partial charge is 0.336 e. The van der Waals surface area contributed by atoms with Gasteiger partial charge in [-0.2, -0.15) is 0 Å². The minimum atomic E-state index is -0.327. The van der Waals surface area contributed by atoms with Crippen LogP contribution < -0.4 is 16.3 Å². The summed E-state index contributed by atoms with van der Waals surface area (Å²) in [6.45, 7) is 7.48. The van der Waals surface area contributed by atoms with Crippen LogP contribution in [-0.4, -0.2) is 0 Å². The number of hydrogen-bond acceptors (Lipinski definition) is 2. The predicted molar refractivity (Wildman–Crippen MR) is 53.6 cm³/mol. The van der Waals surface area contributed by atoms with Gasteiger partial charge >= 0.3 is 5.63 Å². The van der Waals surface area contributed by atoms with Gasteiger partial charge in [-0.05, 0) is 32.1 Å². The van der Waals surface area contributed by atoms with Crippen molar-refractivity contribution in [3.63, 3.8) is 0 Å². The minimum absolute atomic E-state index is 0.327. The molecule has 0 bridgehead atoms. The van der Waals surface area contributed by atoms with Crippen molar-refractivity contribution in [2.75, 3.05) is 0 Å². The maximum absolute atomic E-state index is 10.9. The Bertz CT molecular complexity index is 478. The van der Waals surface area contributed by atoms with Gasteiger partial charge in [-0.25, -0.2) is 4.79 Å². The van der Waals surface area contributed by atoms with E-state index >= 15 is 0 Å². The second kappa shape index (κ2) is 3.90. The molecule has 0 fully saturated rings. The Morgan fingerprint density at radius 3 is 2.77 bits per heavy atom.